The molecule has 0 aliphatic rings. The molecular weight excluding hydrogens is 406 g/mol. The topological polar surface area (TPSA) is 88.9 Å². The average molecular weight is 422 g/mol. The molecule has 0 aliphatic carbocycles. The number of aryl methyl sites for hydroxylation is 1. The van der Waals surface area contributed by atoms with Gasteiger partial charge in [0.25, 0.3) is 0 Å². The van der Waals surface area contributed by atoms with E-state index in [0.717, 1.165) is 16.1 Å². The number of amides is 3. The van der Waals surface area contributed by atoms with Crippen molar-refractivity contribution in [1.82, 2.24) is 25.4 Å². The van der Waals surface area contributed by atoms with Gasteiger partial charge in [0.15, 0.2) is 5.16 Å². The number of nitrogens with one attached hydrogen (secondary N) is 2. The molecule has 0 unspecified atom stereocenters. The SMILES string of the molecule is Cc1ccc(-n2cnnc2SCC(=O)NC(=O)NCc2cccs2)cc1Cl. The number of carbonyl (C=O) groups excluding carboxylic acids is 2. The number of benzene rings is 1. The Kier molecular flexibility index (Phi) is 6.49. The molecule has 2 heterocycles. The molecule has 3 aromatic rings. The van der Waals surface area contributed by atoms with Gasteiger partial charge in [-0.1, -0.05) is 35.5 Å². The van der Waals surface area contributed by atoms with Gasteiger partial charge in [-0.3, -0.25) is 14.7 Å². The number of hydrogen-bond acceptors (Lipinski definition) is 6. The van der Waals surface area contributed by atoms with Crippen molar-refractivity contribution in [1.29, 1.82) is 0 Å². The fraction of sp³-hybridized carbons (Fsp3) is 0.176. The highest BCUT2D eigenvalue weighted by atomic mass is 35.5. The highest BCUT2D eigenvalue weighted by Gasteiger charge is 2.13. The Morgan fingerprint density at radius 3 is 2.93 bits per heavy atom. The third-order valence-electron chi connectivity index (χ3n) is 3.54. The summed E-state index contributed by atoms with van der Waals surface area (Å²) in [4.78, 5) is 24.8. The molecule has 2 aromatic heterocycles. The molecular formula is C17H16ClN5O2S2. The molecule has 10 heteroatoms. The van der Waals surface area contributed by atoms with Crippen LogP contribution in [0.1, 0.15) is 10.4 Å². The van der Waals surface area contributed by atoms with Gasteiger partial charge in [0.1, 0.15) is 6.33 Å². The van der Waals surface area contributed by atoms with Gasteiger partial charge >= 0.3 is 6.03 Å². The third-order valence-corrected chi connectivity index (χ3v) is 5.77. The van der Waals surface area contributed by atoms with Gasteiger partial charge in [0.05, 0.1) is 18.0 Å². The predicted molar refractivity (Wildman–Crippen MR) is 107 cm³/mol. The minimum absolute atomic E-state index is 0.0324. The molecule has 0 aliphatic heterocycles. The van der Waals surface area contributed by atoms with Crippen LogP contribution in [0.2, 0.25) is 5.02 Å². The van der Waals surface area contributed by atoms with E-state index in [1.54, 1.807) is 10.9 Å². The second-order valence-corrected chi connectivity index (χ2v) is 7.90. The Bertz CT molecular complexity index is 943. The largest absolute Gasteiger partial charge is 0.333 e. The number of nitrogens with zero attached hydrogens (tertiary/aromatic N) is 3. The van der Waals surface area contributed by atoms with Gasteiger partial charge in [-0.15, -0.1) is 21.5 Å². The molecule has 0 bridgehead atoms. The lowest BCUT2D eigenvalue weighted by atomic mass is 10.2. The lowest BCUT2D eigenvalue weighted by molar-refractivity contribution is -0.117. The number of halogens is 1. The fourth-order valence-electron chi connectivity index (χ4n) is 2.15. The molecule has 0 saturated heterocycles. The number of hydrogen-bond donors (Lipinski definition) is 2. The molecule has 1 aromatic carbocycles. The van der Waals surface area contributed by atoms with Gasteiger partial charge in [-0.05, 0) is 36.1 Å². The number of imide groups is 1. The maximum Gasteiger partial charge on any atom is 0.321 e. The quantitative estimate of drug-likeness (QED) is 0.595. The zero-order valence-electron chi connectivity index (χ0n) is 14.3. The first kappa shape index (κ1) is 19.4. The minimum Gasteiger partial charge on any atom is -0.333 e. The van der Waals surface area contributed by atoms with Gasteiger partial charge < -0.3 is 5.32 Å². The molecule has 7 nitrogen and oxygen atoms in total. The van der Waals surface area contributed by atoms with Gasteiger partial charge in [-0.2, -0.15) is 0 Å². The van der Waals surface area contributed by atoms with E-state index < -0.39 is 11.9 Å². The summed E-state index contributed by atoms with van der Waals surface area (Å²) in [7, 11) is 0. The van der Waals surface area contributed by atoms with Gasteiger partial charge in [0.2, 0.25) is 5.91 Å². The van der Waals surface area contributed by atoms with E-state index in [2.05, 4.69) is 20.8 Å². The van der Waals surface area contributed by atoms with E-state index >= 15 is 0 Å². The summed E-state index contributed by atoms with van der Waals surface area (Å²) >= 11 is 8.88. The van der Waals surface area contributed by atoms with Crippen LogP contribution in [0, 0.1) is 6.92 Å². The molecule has 3 amide bonds. The molecule has 0 spiro atoms. The van der Waals surface area contributed by atoms with E-state index in [1.807, 2.05) is 42.6 Å². The second-order valence-electron chi connectivity index (χ2n) is 5.52. The molecule has 27 heavy (non-hydrogen) atoms. The number of thiophene rings is 1. The van der Waals surface area contributed by atoms with Crippen LogP contribution in [0.3, 0.4) is 0 Å². The van der Waals surface area contributed by atoms with E-state index in [4.69, 9.17) is 11.6 Å². The maximum absolute atomic E-state index is 12.0. The Morgan fingerprint density at radius 2 is 2.19 bits per heavy atom. The highest BCUT2D eigenvalue weighted by Crippen LogP contribution is 2.23. The van der Waals surface area contributed by atoms with E-state index in [-0.39, 0.29) is 5.75 Å². The highest BCUT2D eigenvalue weighted by molar-refractivity contribution is 7.99. The van der Waals surface area contributed by atoms with Crippen molar-refractivity contribution in [2.45, 2.75) is 18.6 Å². The van der Waals surface area contributed by atoms with Crippen LogP contribution in [-0.2, 0) is 11.3 Å². The van der Waals surface area contributed by atoms with Crippen LogP contribution in [0.25, 0.3) is 5.69 Å². The Labute approximate surface area is 169 Å². The Morgan fingerprint density at radius 1 is 1.33 bits per heavy atom. The average Bonchev–Trinajstić information content (AvgIpc) is 3.32. The second kappa shape index (κ2) is 9.03. The summed E-state index contributed by atoms with van der Waals surface area (Å²) < 4.78 is 1.74. The number of aromatic nitrogens is 3. The van der Waals surface area contributed by atoms with Gasteiger partial charge in [0, 0.05) is 9.90 Å². The van der Waals surface area contributed by atoms with Crippen LogP contribution < -0.4 is 10.6 Å². The minimum atomic E-state index is -0.527. The summed E-state index contributed by atoms with van der Waals surface area (Å²) in [5.74, 6) is -0.384. The Balaban J connectivity index is 1.52. The molecule has 0 radical (unpaired) electrons. The van der Waals surface area contributed by atoms with Crippen molar-refractivity contribution in [3.8, 4) is 5.69 Å². The predicted octanol–water partition coefficient (Wildman–Crippen LogP) is 3.41. The van der Waals surface area contributed by atoms with Crippen molar-refractivity contribution >= 4 is 46.6 Å². The summed E-state index contributed by atoms with van der Waals surface area (Å²) in [6.07, 6.45) is 1.55. The van der Waals surface area contributed by atoms with Crippen LogP contribution in [0.15, 0.2) is 47.2 Å². The van der Waals surface area contributed by atoms with Crippen LogP contribution in [0.4, 0.5) is 4.79 Å². The molecule has 140 valence electrons. The molecule has 0 fully saturated rings. The number of carbonyl (C=O) groups is 2. The number of rotatable bonds is 6. The maximum atomic E-state index is 12.0. The van der Waals surface area contributed by atoms with Crippen LogP contribution in [0.5, 0.6) is 0 Å². The normalized spacial score (nSPS) is 10.6. The van der Waals surface area contributed by atoms with E-state index in [9.17, 15) is 9.59 Å². The smallest absolute Gasteiger partial charge is 0.321 e. The van der Waals surface area contributed by atoms with Crippen LogP contribution >= 0.6 is 34.7 Å². The fourth-order valence-corrected chi connectivity index (χ4v) is 3.70. The number of thioether (sulfide) groups is 1. The standard InChI is InChI=1S/C17H16ClN5O2S2/c1-11-4-5-12(7-14(11)18)23-10-20-22-17(23)27-9-15(24)21-16(25)19-8-13-3-2-6-26-13/h2-7,10H,8-9H2,1H3,(H2,19,21,24,25). The first-order chi connectivity index (χ1) is 13.0. The summed E-state index contributed by atoms with van der Waals surface area (Å²) in [5, 5.41) is 15.9. The lowest BCUT2D eigenvalue weighted by Gasteiger charge is -2.08. The molecule has 0 saturated carbocycles. The van der Waals surface area contributed by atoms with Crippen molar-refractivity contribution in [3.05, 3.63) is 57.5 Å². The van der Waals surface area contributed by atoms with Crippen LogP contribution in [-0.4, -0.2) is 32.5 Å². The van der Waals surface area contributed by atoms with Crippen molar-refractivity contribution < 1.29 is 9.59 Å². The summed E-state index contributed by atoms with van der Waals surface area (Å²) in [6.45, 7) is 2.30. The first-order valence-corrected chi connectivity index (χ1v) is 10.2. The monoisotopic (exact) mass is 421 g/mol. The zero-order valence-corrected chi connectivity index (χ0v) is 16.7. The Hall–Kier alpha value is -2.36. The molecule has 2 N–H and O–H groups in total. The van der Waals surface area contributed by atoms with Crippen molar-refractivity contribution in [3.63, 3.8) is 0 Å². The van der Waals surface area contributed by atoms with E-state index in [0.29, 0.717) is 16.7 Å². The molecule has 3 rings (SSSR count). The summed E-state index contributed by atoms with van der Waals surface area (Å²) in [5.41, 5.74) is 1.77. The van der Waals surface area contributed by atoms with Crippen molar-refractivity contribution in [2.75, 3.05) is 5.75 Å². The van der Waals surface area contributed by atoms with Gasteiger partial charge in [-0.25, -0.2) is 4.79 Å². The molecule has 0 atom stereocenters. The summed E-state index contributed by atoms with van der Waals surface area (Å²) in [6, 6.07) is 8.89. The third kappa shape index (κ3) is 5.31. The van der Waals surface area contributed by atoms with E-state index in [1.165, 1.54) is 23.1 Å². The van der Waals surface area contributed by atoms with Crippen molar-refractivity contribution in [2.24, 2.45) is 0 Å². The first-order valence-electron chi connectivity index (χ1n) is 7.92. The lowest BCUT2D eigenvalue weighted by Crippen LogP contribution is -2.39. The zero-order chi connectivity index (χ0) is 19.2. The number of urea groups is 1.